The highest BCUT2D eigenvalue weighted by Gasteiger charge is 2.25. The van der Waals surface area contributed by atoms with Crippen LogP contribution in [0.25, 0.3) is 0 Å². The van der Waals surface area contributed by atoms with Gasteiger partial charge in [-0.2, -0.15) is 0 Å². The topological polar surface area (TPSA) is 105 Å². The first-order valence-electron chi connectivity index (χ1n) is 9.97. The first-order valence-corrected chi connectivity index (χ1v) is 11.0. The lowest BCUT2D eigenvalue weighted by atomic mass is 10.0. The second kappa shape index (κ2) is 15.2. The number of nitrogens with zero attached hydrogens (tertiary/aromatic N) is 1. The second-order valence-corrected chi connectivity index (χ2v) is 8.44. The number of rotatable bonds is 15. The van der Waals surface area contributed by atoms with Gasteiger partial charge < -0.3 is 21.3 Å². The molecule has 0 spiro atoms. The first kappa shape index (κ1) is 26.3. The van der Waals surface area contributed by atoms with E-state index in [1.807, 2.05) is 13.8 Å². The molecule has 0 saturated heterocycles. The van der Waals surface area contributed by atoms with Crippen LogP contribution in [0, 0.1) is 5.92 Å². The lowest BCUT2D eigenvalue weighted by Crippen LogP contribution is -2.53. The predicted octanol–water partition coefficient (Wildman–Crippen LogP) is 1.82. The van der Waals surface area contributed by atoms with Crippen LogP contribution in [0.3, 0.4) is 0 Å². The van der Waals surface area contributed by atoms with Crippen molar-refractivity contribution in [3.8, 4) is 0 Å². The van der Waals surface area contributed by atoms with Crippen LogP contribution in [-0.2, 0) is 14.4 Å². The van der Waals surface area contributed by atoms with E-state index in [4.69, 9.17) is 5.73 Å². The minimum Gasteiger partial charge on any atom is -0.346 e. The average molecular weight is 496 g/mol. The summed E-state index contributed by atoms with van der Waals surface area (Å²) >= 11 is 1.63. The number of carbonyl (C=O) groups is 3. The van der Waals surface area contributed by atoms with Gasteiger partial charge in [-0.1, -0.05) is 27.7 Å². The third-order valence-corrected chi connectivity index (χ3v) is 4.73. The molecule has 158 valence electrons. The van der Waals surface area contributed by atoms with Gasteiger partial charge in [-0.15, -0.1) is 0 Å². The molecule has 7 nitrogen and oxygen atoms in total. The molecule has 0 aromatic heterocycles. The van der Waals surface area contributed by atoms with Crippen LogP contribution in [0.1, 0.15) is 59.8 Å². The van der Waals surface area contributed by atoms with Gasteiger partial charge in [0.05, 0.1) is 12.6 Å². The molecule has 2 atom stereocenters. The third kappa shape index (κ3) is 12.4. The summed E-state index contributed by atoms with van der Waals surface area (Å²) in [4.78, 5) is 38.2. The number of amides is 2. The molecule has 8 heteroatoms. The molecule has 0 aliphatic heterocycles. The van der Waals surface area contributed by atoms with Gasteiger partial charge in [-0.25, -0.2) is 0 Å². The van der Waals surface area contributed by atoms with E-state index in [9.17, 15) is 14.4 Å². The first-order chi connectivity index (χ1) is 12.7. The van der Waals surface area contributed by atoms with E-state index in [-0.39, 0.29) is 28.1 Å². The van der Waals surface area contributed by atoms with Crippen molar-refractivity contribution in [3.63, 3.8) is 0 Å². The standard InChI is InChI=1S/C19H37IN4O3/c1-5-10-24(11-6-2)12-8-7-9-15(18(26)22-13-16(20)25)23-19(27)17(21)14(3)4/h14-15,17H,5-13,21H2,1-4H3,(H,22,26)(H,23,27)/t15-,17-/m0/s1. The minimum atomic E-state index is -0.663. The minimum absolute atomic E-state index is 0.0127. The Morgan fingerprint density at radius 3 is 2.07 bits per heavy atom. The fraction of sp³-hybridized carbons (Fsp3) is 0.842. The summed E-state index contributed by atoms with van der Waals surface area (Å²) in [7, 11) is 0. The molecule has 0 saturated carbocycles. The van der Waals surface area contributed by atoms with Crippen molar-refractivity contribution >= 4 is 38.2 Å². The molecule has 0 aromatic carbocycles. The van der Waals surface area contributed by atoms with Crippen molar-refractivity contribution in [2.45, 2.75) is 71.9 Å². The Hall–Kier alpha value is -0.740. The third-order valence-electron chi connectivity index (χ3n) is 4.35. The molecule has 0 radical (unpaired) electrons. The zero-order valence-corrected chi connectivity index (χ0v) is 19.4. The molecular weight excluding hydrogens is 459 g/mol. The van der Waals surface area contributed by atoms with Crippen LogP contribution >= 0.6 is 22.6 Å². The zero-order valence-electron chi connectivity index (χ0n) is 17.2. The van der Waals surface area contributed by atoms with E-state index in [1.54, 1.807) is 22.6 Å². The van der Waals surface area contributed by atoms with Gasteiger partial charge in [0.1, 0.15) is 6.04 Å². The molecule has 0 bridgehead atoms. The van der Waals surface area contributed by atoms with Crippen molar-refractivity contribution in [3.05, 3.63) is 0 Å². The van der Waals surface area contributed by atoms with Gasteiger partial charge in [0.25, 0.3) is 0 Å². The number of halogens is 1. The van der Waals surface area contributed by atoms with Crippen LogP contribution in [0.2, 0.25) is 0 Å². The highest BCUT2D eigenvalue weighted by atomic mass is 127. The maximum absolute atomic E-state index is 12.4. The van der Waals surface area contributed by atoms with E-state index in [1.165, 1.54) is 0 Å². The number of unbranched alkanes of at least 4 members (excludes halogenated alkanes) is 1. The summed E-state index contributed by atoms with van der Waals surface area (Å²) in [5.41, 5.74) is 5.89. The Kier molecular flexibility index (Phi) is 14.8. The molecule has 0 rings (SSSR count). The number of carbonyl (C=O) groups excluding carboxylic acids is 3. The molecule has 0 aromatic rings. The fourth-order valence-electron chi connectivity index (χ4n) is 2.77. The van der Waals surface area contributed by atoms with Gasteiger partial charge in [0.2, 0.25) is 15.6 Å². The van der Waals surface area contributed by atoms with Crippen LogP contribution in [0.15, 0.2) is 0 Å². The molecule has 4 N–H and O–H groups in total. The summed E-state index contributed by atoms with van der Waals surface area (Å²) in [5, 5.41) is 5.34. The Morgan fingerprint density at radius 2 is 1.59 bits per heavy atom. The van der Waals surface area contributed by atoms with Crippen LogP contribution in [0.4, 0.5) is 0 Å². The number of nitrogens with one attached hydrogen (secondary N) is 2. The van der Waals surface area contributed by atoms with Gasteiger partial charge in [-0.05, 0) is 57.7 Å². The molecule has 0 aliphatic carbocycles. The van der Waals surface area contributed by atoms with E-state index in [0.717, 1.165) is 45.3 Å². The lowest BCUT2D eigenvalue weighted by Gasteiger charge is -2.23. The van der Waals surface area contributed by atoms with Gasteiger partial charge in [0, 0.05) is 22.6 Å². The second-order valence-electron chi connectivity index (χ2n) is 7.24. The quantitative estimate of drug-likeness (QED) is 0.182. The summed E-state index contributed by atoms with van der Waals surface area (Å²) in [6.45, 7) is 11.2. The predicted molar refractivity (Wildman–Crippen MR) is 118 cm³/mol. The van der Waals surface area contributed by atoms with Crippen molar-refractivity contribution in [1.82, 2.24) is 15.5 Å². The Bertz CT molecular complexity index is 454. The van der Waals surface area contributed by atoms with E-state index < -0.39 is 12.1 Å². The Morgan fingerprint density at radius 1 is 1.00 bits per heavy atom. The van der Waals surface area contributed by atoms with Crippen LogP contribution < -0.4 is 16.4 Å². The largest absolute Gasteiger partial charge is 0.346 e. The van der Waals surface area contributed by atoms with Crippen LogP contribution in [0.5, 0.6) is 0 Å². The normalized spacial score (nSPS) is 13.5. The molecule has 2 amide bonds. The monoisotopic (exact) mass is 496 g/mol. The van der Waals surface area contributed by atoms with Crippen molar-refractivity contribution in [2.24, 2.45) is 11.7 Å². The molecule has 27 heavy (non-hydrogen) atoms. The van der Waals surface area contributed by atoms with Crippen LogP contribution in [-0.4, -0.2) is 58.8 Å². The Labute approximate surface area is 177 Å². The molecule has 0 heterocycles. The fourth-order valence-corrected chi connectivity index (χ4v) is 2.96. The summed E-state index contributed by atoms with van der Waals surface area (Å²) < 4.78 is -0.153. The van der Waals surface area contributed by atoms with Crippen molar-refractivity contribution in [2.75, 3.05) is 26.2 Å². The summed E-state index contributed by atoms with van der Waals surface area (Å²) in [6.07, 6.45) is 4.55. The maximum atomic E-state index is 12.4. The number of hydrogen-bond acceptors (Lipinski definition) is 5. The highest BCUT2D eigenvalue weighted by Crippen LogP contribution is 2.07. The SMILES string of the molecule is CCCN(CCC)CCCC[C@H](NC(=O)[C@@H](N)C(C)C)C(=O)NCC(=O)I. The Balaban J connectivity index is 4.67. The van der Waals surface area contributed by atoms with Gasteiger partial charge >= 0.3 is 0 Å². The lowest BCUT2D eigenvalue weighted by molar-refractivity contribution is -0.130. The highest BCUT2D eigenvalue weighted by molar-refractivity contribution is 14.1. The molecule has 0 unspecified atom stereocenters. The number of hydrogen-bond donors (Lipinski definition) is 3. The zero-order chi connectivity index (χ0) is 20.8. The van der Waals surface area contributed by atoms with Gasteiger partial charge in [0.15, 0.2) is 0 Å². The van der Waals surface area contributed by atoms with E-state index in [2.05, 4.69) is 29.4 Å². The molecular formula is C19H37IN4O3. The average Bonchev–Trinajstić information content (AvgIpc) is 2.61. The number of nitrogens with two attached hydrogens (primary N) is 1. The van der Waals surface area contributed by atoms with E-state index in [0.29, 0.717) is 6.42 Å². The van der Waals surface area contributed by atoms with Gasteiger partial charge in [-0.3, -0.25) is 14.4 Å². The molecule has 0 aliphatic rings. The smallest absolute Gasteiger partial charge is 0.242 e. The van der Waals surface area contributed by atoms with E-state index >= 15 is 0 Å². The summed E-state index contributed by atoms with van der Waals surface area (Å²) in [6, 6.07) is -1.32. The molecule has 0 fully saturated rings. The van der Waals surface area contributed by atoms with Crippen molar-refractivity contribution in [1.29, 1.82) is 0 Å². The maximum Gasteiger partial charge on any atom is 0.242 e. The van der Waals surface area contributed by atoms with Crippen molar-refractivity contribution < 1.29 is 14.4 Å². The summed E-state index contributed by atoms with van der Waals surface area (Å²) in [5.74, 6) is -0.672.